The van der Waals surface area contributed by atoms with Crippen molar-refractivity contribution in [3.05, 3.63) is 42.2 Å². The van der Waals surface area contributed by atoms with Crippen molar-refractivity contribution in [1.29, 1.82) is 0 Å². The molecule has 3 heterocycles. The number of amides is 1. The van der Waals surface area contributed by atoms with Gasteiger partial charge in [-0.05, 0) is 30.8 Å². The molecule has 1 aromatic carbocycles. The SMILES string of the molecule is CCN1CCN(C(=O)c2ccc(Nc3ccc4c(c3)OCO4)cn2)CC1. The van der Waals surface area contributed by atoms with Gasteiger partial charge in [-0.25, -0.2) is 4.98 Å². The van der Waals surface area contributed by atoms with Crippen LogP contribution in [0.25, 0.3) is 0 Å². The van der Waals surface area contributed by atoms with E-state index in [0.29, 0.717) is 5.69 Å². The number of carbonyl (C=O) groups is 1. The maximum absolute atomic E-state index is 12.6. The Morgan fingerprint density at radius 1 is 1.08 bits per heavy atom. The van der Waals surface area contributed by atoms with Crippen LogP contribution >= 0.6 is 0 Å². The summed E-state index contributed by atoms with van der Waals surface area (Å²) in [7, 11) is 0. The number of aromatic nitrogens is 1. The molecule has 0 bridgehead atoms. The van der Waals surface area contributed by atoms with Crippen LogP contribution in [0.5, 0.6) is 11.5 Å². The molecule has 7 nitrogen and oxygen atoms in total. The maximum Gasteiger partial charge on any atom is 0.272 e. The second kappa shape index (κ2) is 7.21. The van der Waals surface area contributed by atoms with Crippen LogP contribution in [0.15, 0.2) is 36.5 Å². The zero-order valence-electron chi connectivity index (χ0n) is 14.8. The summed E-state index contributed by atoms with van der Waals surface area (Å²) in [4.78, 5) is 21.1. The van der Waals surface area contributed by atoms with Gasteiger partial charge in [0, 0.05) is 37.9 Å². The normalized spacial score (nSPS) is 16.6. The monoisotopic (exact) mass is 354 g/mol. The van der Waals surface area contributed by atoms with E-state index >= 15 is 0 Å². The number of fused-ring (bicyclic) bond motifs is 1. The Balaban J connectivity index is 1.39. The number of nitrogens with one attached hydrogen (secondary N) is 1. The zero-order chi connectivity index (χ0) is 17.9. The molecule has 0 saturated carbocycles. The van der Waals surface area contributed by atoms with Gasteiger partial charge in [-0.1, -0.05) is 6.92 Å². The number of pyridine rings is 1. The first-order valence-electron chi connectivity index (χ1n) is 8.87. The molecule has 4 rings (SSSR count). The van der Waals surface area contributed by atoms with Crippen LogP contribution in [0.3, 0.4) is 0 Å². The number of hydrogen-bond donors (Lipinski definition) is 1. The van der Waals surface area contributed by atoms with E-state index in [1.165, 1.54) is 0 Å². The minimum Gasteiger partial charge on any atom is -0.454 e. The quantitative estimate of drug-likeness (QED) is 0.909. The van der Waals surface area contributed by atoms with Gasteiger partial charge in [-0.3, -0.25) is 4.79 Å². The molecule has 1 N–H and O–H groups in total. The largest absolute Gasteiger partial charge is 0.454 e. The molecule has 136 valence electrons. The summed E-state index contributed by atoms with van der Waals surface area (Å²) in [6, 6.07) is 9.30. The van der Waals surface area contributed by atoms with Gasteiger partial charge in [-0.2, -0.15) is 0 Å². The molecule has 0 radical (unpaired) electrons. The van der Waals surface area contributed by atoms with Gasteiger partial charge in [0.15, 0.2) is 11.5 Å². The standard InChI is InChI=1S/C19H22N4O3/c1-2-22-7-9-23(10-8-22)19(24)16-5-3-15(12-20-16)21-14-4-6-17-18(11-14)26-13-25-17/h3-6,11-12,21H,2,7-10,13H2,1H3. The fraction of sp³-hybridized carbons (Fsp3) is 0.368. The van der Waals surface area contributed by atoms with Gasteiger partial charge in [-0.15, -0.1) is 0 Å². The van der Waals surface area contributed by atoms with E-state index in [4.69, 9.17) is 9.47 Å². The molecule has 1 saturated heterocycles. The van der Waals surface area contributed by atoms with E-state index in [9.17, 15) is 4.79 Å². The summed E-state index contributed by atoms with van der Waals surface area (Å²) in [5, 5.41) is 3.26. The smallest absolute Gasteiger partial charge is 0.272 e. The Morgan fingerprint density at radius 3 is 2.58 bits per heavy atom. The molecule has 2 aliphatic heterocycles. The van der Waals surface area contributed by atoms with E-state index < -0.39 is 0 Å². The minimum atomic E-state index is -0.00428. The van der Waals surface area contributed by atoms with Gasteiger partial charge < -0.3 is 24.6 Å². The van der Waals surface area contributed by atoms with Gasteiger partial charge in [0.05, 0.1) is 11.9 Å². The molecule has 1 amide bonds. The van der Waals surface area contributed by atoms with Crippen LogP contribution in [-0.2, 0) is 0 Å². The molecule has 0 spiro atoms. The van der Waals surface area contributed by atoms with Gasteiger partial charge in [0.2, 0.25) is 6.79 Å². The molecule has 2 aliphatic rings. The summed E-state index contributed by atoms with van der Waals surface area (Å²) >= 11 is 0. The molecular formula is C19H22N4O3. The first kappa shape index (κ1) is 16.7. The third kappa shape index (κ3) is 3.43. The number of nitrogens with zero attached hydrogens (tertiary/aromatic N) is 3. The van der Waals surface area contributed by atoms with E-state index in [1.807, 2.05) is 29.2 Å². The third-order valence-electron chi connectivity index (χ3n) is 4.75. The van der Waals surface area contributed by atoms with Crippen molar-refractivity contribution in [2.45, 2.75) is 6.92 Å². The minimum absolute atomic E-state index is 0.00428. The lowest BCUT2D eigenvalue weighted by atomic mass is 10.2. The van der Waals surface area contributed by atoms with Crippen molar-refractivity contribution in [3.63, 3.8) is 0 Å². The first-order chi connectivity index (χ1) is 12.7. The highest BCUT2D eigenvalue weighted by molar-refractivity contribution is 5.92. The van der Waals surface area contributed by atoms with Gasteiger partial charge in [0.25, 0.3) is 5.91 Å². The Hall–Kier alpha value is -2.80. The van der Waals surface area contributed by atoms with Crippen LogP contribution in [0.1, 0.15) is 17.4 Å². The van der Waals surface area contributed by atoms with Crippen molar-refractivity contribution >= 4 is 17.3 Å². The number of carbonyl (C=O) groups excluding carboxylic acids is 1. The number of hydrogen-bond acceptors (Lipinski definition) is 6. The summed E-state index contributed by atoms with van der Waals surface area (Å²) in [5.41, 5.74) is 2.17. The second-order valence-electron chi connectivity index (χ2n) is 6.35. The number of piperazine rings is 1. The highest BCUT2D eigenvalue weighted by Crippen LogP contribution is 2.35. The summed E-state index contributed by atoms with van der Waals surface area (Å²) in [6.07, 6.45) is 1.68. The lowest BCUT2D eigenvalue weighted by Gasteiger charge is -2.33. The Kier molecular flexibility index (Phi) is 4.62. The van der Waals surface area contributed by atoms with E-state index in [0.717, 1.165) is 55.6 Å². The number of rotatable bonds is 4. The topological polar surface area (TPSA) is 66.9 Å². The van der Waals surface area contributed by atoms with Crippen LogP contribution in [-0.4, -0.2) is 60.2 Å². The van der Waals surface area contributed by atoms with Crippen molar-refractivity contribution in [2.75, 3.05) is 44.8 Å². The fourth-order valence-electron chi connectivity index (χ4n) is 3.16. The molecule has 0 unspecified atom stereocenters. The van der Waals surface area contributed by atoms with Crippen molar-refractivity contribution in [3.8, 4) is 11.5 Å². The number of benzene rings is 1. The first-order valence-corrected chi connectivity index (χ1v) is 8.87. The number of likely N-dealkylation sites (N-methyl/N-ethyl adjacent to an activating group) is 1. The summed E-state index contributed by atoms with van der Waals surface area (Å²) < 4.78 is 10.7. The summed E-state index contributed by atoms with van der Waals surface area (Å²) in [5.74, 6) is 1.47. The predicted octanol–water partition coefficient (Wildman–Crippen LogP) is 2.33. The third-order valence-corrected chi connectivity index (χ3v) is 4.75. The van der Waals surface area contributed by atoms with Crippen molar-refractivity contribution < 1.29 is 14.3 Å². The predicted molar refractivity (Wildman–Crippen MR) is 98.1 cm³/mol. The second-order valence-corrected chi connectivity index (χ2v) is 6.35. The van der Waals surface area contributed by atoms with Crippen LogP contribution in [0, 0.1) is 0 Å². The Labute approximate surface area is 152 Å². The number of anilines is 2. The molecule has 7 heteroatoms. The highest BCUT2D eigenvalue weighted by atomic mass is 16.7. The number of ether oxygens (including phenoxy) is 2. The van der Waals surface area contributed by atoms with Crippen molar-refractivity contribution in [2.24, 2.45) is 0 Å². The Bertz CT molecular complexity index is 786. The summed E-state index contributed by atoms with van der Waals surface area (Å²) in [6.45, 7) is 6.78. The molecule has 1 fully saturated rings. The van der Waals surface area contributed by atoms with Gasteiger partial charge >= 0.3 is 0 Å². The molecule has 1 aromatic heterocycles. The Morgan fingerprint density at radius 2 is 1.85 bits per heavy atom. The van der Waals surface area contributed by atoms with Gasteiger partial charge in [0.1, 0.15) is 5.69 Å². The highest BCUT2D eigenvalue weighted by Gasteiger charge is 2.22. The zero-order valence-corrected chi connectivity index (χ0v) is 14.8. The lowest BCUT2D eigenvalue weighted by molar-refractivity contribution is 0.0637. The van der Waals surface area contributed by atoms with E-state index in [-0.39, 0.29) is 12.7 Å². The molecule has 26 heavy (non-hydrogen) atoms. The molecule has 2 aromatic rings. The van der Waals surface area contributed by atoms with Crippen LogP contribution in [0.4, 0.5) is 11.4 Å². The van der Waals surface area contributed by atoms with Crippen molar-refractivity contribution in [1.82, 2.24) is 14.8 Å². The van der Waals surface area contributed by atoms with E-state index in [1.54, 1.807) is 12.3 Å². The molecule has 0 atom stereocenters. The maximum atomic E-state index is 12.6. The lowest BCUT2D eigenvalue weighted by Crippen LogP contribution is -2.48. The average molecular weight is 354 g/mol. The van der Waals surface area contributed by atoms with Crippen LogP contribution < -0.4 is 14.8 Å². The molecular weight excluding hydrogens is 332 g/mol. The molecule has 0 aliphatic carbocycles. The van der Waals surface area contributed by atoms with E-state index in [2.05, 4.69) is 22.1 Å². The fourth-order valence-corrected chi connectivity index (χ4v) is 3.16. The average Bonchev–Trinajstić information content (AvgIpc) is 3.16. The van der Waals surface area contributed by atoms with Crippen LogP contribution in [0.2, 0.25) is 0 Å².